The van der Waals surface area contributed by atoms with Gasteiger partial charge in [0.15, 0.2) is 5.96 Å². The Morgan fingerprint density at radius 1 is 1.33 bits per heavy atom. The van der Waals surface area contributed by atoms with E-state index in [4.69, 9.17) is 0 Å². The van der Waals surface area contributed by atoms with Gasteiger partial charge >= 0.3 is 0 Å². The van der Waals surface area contributed by atoms with Crippen molar-refractivity contribution in [2.45, 2.75) is 50.3 Å². The summed E-state index contributed by atoms with van der Waals surface area (Å²) < 4.78 is 0. The number of guanidine groups is 1. The number of nitrogens with zero attached hydrogens (tertiary/aromatic N) is 2. The molecule has 1 saturated heterocycles. The number of thioether (sulfide) groups is 1. The zero-order valence-electron chi connectivity index (χ0n) is 13.2. The van der Waals surface area contributed by atoms with Crippen molar-refractivity contribution in [1.29, 1.82) is 0 Å². The number of hydrogen-bond acceptors (Lipinski definition) is 3. The highest BCUT2D eigenvalue weighted by Crippen LogP contribution is 2.27. The van der Waals surface area contributed by atoms with Crippen LogP contribution in [0, 0.1) is 0 Å². The third-order valence-electron chi connectivity index (χ3n) is 4.23. The summed E-state index contributed by atoms with van der Waals surface area (Å²) in [5.41, 5.74) is 0. The van der Waals surface area contributed by atoms with Gasteiger partial charge in [0.05, 0.1) is 0 Å². The molecule has 1 heterocycles. The Morgan fingerprint density at radius 2 is 2.10 bits per heavy atom. The van der Waals surface area contributed by atoms with Crippen LogP contribution in [-0.2, 0) is 4.79 Å². The second kappa shape index (κ2) is 8.51. The van der Waals surface area contributed by atoms with E-state index in [9.17, 15) is 4.79 Å². The van der Waals surface area contributed by atoms with Crippen molar-refractivity contribution < 1.29 is 4.79 Å². The topological polar surface area (TPSA) is 56.7 Å². The molecule has 5 nitrogen and oxygen atoms in total. The van der Waals surface area contributed by atoms with Crippen molar-refractivity contribution in [3.8, 4) is 0 Å². The molecule has 2 atom stereocenters. The molecule has 21 heavy (non-hydrogen) atoms. The first kappa shape index (κ1) is 16.5. The fourth-order valence-electron chi connectivity index (χ4n) is 3.01. The maximum absolute atomic E-state index is 12.0. The molecular weight excluding hydrogens is 284 g/mol. The first-order valence-electron chi connectivity index (χ1n) is 8.08. The Hall–Kier alpha value is -0.910. The summed E-state index contributed by atoms with van der Waals surface area (Å²) in [6.45, 7) is 4.93. The summed E-state index contributed by atoms with van der Waals surface area (Å²) in [5.74, 6) is 0.940. The van der Waals surface area contributed by atoms with Gasteiger partial charge in [-0.3, -0.25) is 4.79 Å². The Kier molecular flexibility index (Phi) is 6.67. The lowest BCUT2D eigenvalue weighted by molar-refractivity contribution is -0.128. The molecule has 0 aromatic rings. The van der Waals surface area contributed by atoms with Gasteiger partial charge in [-0.1, -0.05) is 0 Å². The lowest BCUT2D eigenvalue weighted by atomic mass is 10.2. The van der Waals surface area contributed by atoms with E-state index in [1.807, 2.05) is 16.7 Å². The van der Waals surface area contributed by atoms with E-state index in [1.54, 1.807) is 0 Å². The number of carbonyl (C=O) groups is 1. The molecule has 1 saturated carbocycles. The monoisotopic (exact) mass is 312 g/mol. The van der Waals surface area contributed by atoms with Crippen molar-refractivity contribution in [3.63, 3.8) is 0 Å². The summed E-state index contributed by atoms with van der Waals surface area (Å²) in [5, 5.41) is 7.49. The van der Waals surface area contributed by atoms with Crippen molar-refractivity contribution in [1.82, 2.24) is 15.5 Å². The number of hydrogen-bond donors (Lipinski definition) is 2. The van der Waals surface area contributed by atoms with Gasteiger partial charge in [0.2, 0.25) is 5.91 Å². The van der Waals surface area contributed by atoms with E-state index in [-0.39, 0.29) is 12.5 Å². The maximum atomic E-state index is 12.0. The lowest BCUT2D eigenvalue weighted by Gasteiger charge is -2.18. The minimum absolute atomic E-state index is 0.151. The summed E-state index contributed by atoms with van der Waals surface area (Å²) in [6.07, 6.45) is 8.09. The van der Waals surface area contributed by atoms with Gasteiger partial charge in [0.25, 0.3) is 0 Å². The molecule has 1 amide bonds. The largest absolute Gasteiger partial charge is 0.357 e. The summed E-state index contributed by atoms with van der Waals surface area (Å²) in [7, 11) is 0. The van der Waals surface area contributed by atoms with Gasteiger partial charge in [0.1, 0.15) is 6.54 Å². The van der Waals surface area contributed by atoms with Crippen LogP contribution in [-0.4, -0.2) is 60.5 Å². The molecule has 6 heteroatoms. The molecule has 2 aliphatic rings. The highest BCUT2D eigenvalue weighted by atomic mass is 32.2. The number of nitrogens with one attached hydrogen (secondary N) is 2. The average molecular weight is 312 g/mol. The third kappa shape index (κ3) is 5.09. The average Bonchev–Trinajstić information content (AvgIpc) is 3.16. The summed E-state index contributed by atoms with van der Waals surface area (Å²) in [4.78, 5) is 18.4. The first-order chi connectivity index (χ1) is 10.2. The Morgan fingerprint density at radius 3 is 2.71 bits per heavy atom. The van der Waals surface area contributed by atoms with E-state index in [1.165, 1.54) is 19.3 Å². The summed E-state index contributed by atoms with van der Waals surface area (Å²) >= 11 is 1.95. The fourth-order valence-corrected chi connectivity index (χ4v) is 3.81. The molecule has 2 fully saturated rings. The Labute approximate surface area is 132 Å². The molecule has 0 aromatic carbocycles. The van der Waals surface area contributed by atoms with Crippen LogP contribution in [0.2, 0.25) is 0 Å². The number of carbonyl (C=O) groups excluding carboxylic acids is 1. The van der Waals surface area contributed by atoms with E-state index in [0.29, 0.717) is 6.04 Å². The predicted octanol–water partition coefficient (Wildman–Crippen LogP) is 1.45. The van der Waals surface area contributed by atoms with E-state index in [2.05, 4.69) is 28.8 Å². The van der Waals surface area contributed by atoms with E-state index >= 15 is 0 Å². The number of likely N-dealkylation sites (tertiary alicyclic amines) is 1. The molecule has 1 aliphatic carbocycles. The zero-order valence-corrected chi connectivity index (χ0v) is 14.0. The standard InChI is InChI=1S/C15H28N4OS/c1-3-16-15(18-12-6-7-13(10-12)21-2)17-11-14(20)19-8-4-5-9-19/h12-13H,3-11H2,1-2H3,(H2,16,17,18). The van der Waals surface area contributed by atoms with Gasteiger partial charge in [-0.15, -0.1) is 0 Å². The summed E-state index contributed by atoms with van der Waals surface area (Å²) in [6, 6.07) is 0.488. The molecule has 1 aliphatic heterocycles. The van der Waals surface area contributed by atoms with Gasteiger partial charge in [-0.25, -0.2) is 4.99 Å². The van der Waals surface area contributed by atoms with Crippen LogP contribution in [0.4, 0.5) is 0 Å². The fraction of sp³-hybridized carbons (Fsp3) is 0.867. The lowest BCUT2D eigenvalue weighted by Crippen LogP contribution is -2.43. The molecule has 0 bridgehead atoms. The Balaban J connectivity index is 1.82. The second-order valence-corrected chi connectivity index (χ2v) is 6.93. The van der Waals surface area contributed by atoms with Crippen LogP contribution in [0.15, 0.2) is 4.99 Å². The van der Waals surface area contributed by atoms with Crippen molar-refractivity contribution in [2.75, 3.05) is 32.4 Å². The minimum Gasteiger partial charge on any atom is -0.357 e. The SMILES string of the molecule is CCNC(=NCC(=O)N1CCCC1)NC1CCC(SC)C1. The molecule has 120 valence electrons. The van der Waals surface area contributed by atoms with Gasteiger partial charge < -0.3 is 15.5 Å². The number of amides is 1. The van der Waals surface area contributed by atoms with Gasteiger partial charge in [0, 0.05) is 30.9 Å². The minimum atomic E-state index is 0.151. The van der Waals surface area contributed by atoms with Gasteiger partial charge in [-0.2, -0.15) is 11.8 Å². The Bertz CT molecular complexity index is 369. The molecule has 2 N–H and O–H groups in total. The molecule has 0 radical (unpaired) electrons. The normalized spacial score (nSPS) is 26.2. The molecule has 0 aromatic heterocycles. The van der Waals surface area contributed by atoms with Crippen LogP contribution >= 0.6 is 11.8 Å². The third-order valence-corrected chi connectivity index (χ3v) is 5.33. The highest BCUT2D eigenvalue weighted by Gasteiger charge is 2.24. The second-order valence-electron chi connectivity index (χ2n) is 5.80. The smallest absolute Gasteiger partial charge is 0.244 e. The predicted molar refractivity (Wildman–Crippen MR) is 89.9 cm³/mol. The van der Waals surface area contributed by atoms with Crippen molar-refractivity contribution in [2.24, 2.45) is 4.99 Å². The maximum Gasteiger partial charge on any atom is 0.244 e. The van der Waals surface area contributed by atoms with Crippen LogP contribution in [0.1, 0.15) is 39.0 Å². The molecule has 2 unspecified atom stereocenters. The zero-order chi connectivity index (χ0) is 15.1. The van der Waals surface area contributed by atoms with Crippen LogP contribution < -0.4 is 10.6 Å². The number of rotatable bonds is 5. The van der Waals surface area contributed by atoms with Crippen LogP contribution in [0.25, 0.3) is 0 Å². The quantitative estimate of drug-likeness (QED) is 0.596. The van der Waals surface area contributed by atoms with Crippen LogP contribution in [0.3, 0.4) is 0 Å². The molecular formula is C15H28N4OS. The molecule has 0 spiro atoms. The first-order valence-corrected chi connectivity index (χ1v) is 9.37. The highest BCUT2D eigenvalue weighted by molar-refractivity contribution is 7.99. The van der Waals surface area contributed by atoms with Crippen LogP contribution in [0.5, 0.6) is 0 Å². The van der Waals surface area contributed by atoms with E-state index in [0.717, 1.165) is 43.7 Å². The van der Waals surface area contributed by atoms with Crippen molar-refractivity contribution >= 4 is 23.6 Å². The molecule has 2 rings (SSSR count). The number of aliphatic imine (C=N–C) groups is 1. The van der Waals surface area contributed by atoms with Crippen molar-refractivity contribution in [3.05, 3.63) is 0 Å². The van der Waals surface area contributed by atoms with Gasteiger partial charge in [-0.05, 0) is 45.3 Å². The van der Waals surface area contributed by atoms with E-state index < -0.39 is 0 Å².